The molecule has 0 aromatic carbocycles. The third kappa shape index (κ3) is 2.97. The highest BCUT2D eigenvalue weighted by Gasteiger charge is 2.70. The third-order valence-corrected chi connectivity index (χ3v) is 14.0. The Morgan fingerprint density at radius 1 is 0.758 bits per heavy atom. The smallest absolute Gasteiger partial charge is 0.0594 e. The molecule has 0 bridgehead atoms. The molecule has 5 rings (SSSR count). The van der Waals surface area contributed by atoms with Crippen LogP contribution in [0.3, 0.4) is 0 Å². The fourth-order valence-corrected chi connectivity index (χ4v) is 11.8. The molecule has 0 aliphatic heterocycles. The van der Waals surface area contributed by atoms with Gasteiger partial charge in [-0.05, 0) is 127 Å². The first kappa shape index (κ1) is 24.6. The molecule has 11 unspecified atom stereocenters. The van der Waals surface area contributed by atoms with Crippen molar-refractivity contribution >= 4 is 0 Å². The summed E-state index contributed by atoms with van der Waals surface area (Å²) in [7, 11) is 0. The summed E-state index contributed by atoms with van der Waals surface area (Å²) in [4.78, 5) is 0. The van der Waals surface area contributed by atoms with Gasteiger partial charge in [0.2, 0.25) is 0 Å². The van der Waals surface area contributed by atoms with Gasteiger partial charge in [0.1, 0.15) is 0 Å². The molecule has 0 amide bonds. The van der Waals surface area contributed by atoms with E-state index in [1.807, 2.05) is 0 Å². The lowest BCUT2D eigenvalue weighted by Crippen LogP contribution is -2.66. The molecule has 3 nitrogen and oxygen atoms in total. The van der Waals surface area contributed by atoms with Gasteiger partial charge in [-0.3, -0.25) is 0 Å². The van der Waals surface area contributed by atoms with Gasteiger partial charge in [0, 0.05) is 13.2 Å². The van der Waals surface area contributed by atoms with Crippen molar-refractivity contribution in [3.63, 3.8) is 0 Å². The fourth-order valence-electron chi connectivity index (χ4n) is 11.8. The minimum Gasteiger partial charge on any atom is -0.396 e. The summed E-state index contributed by atoms with van der Waals surface area (Å²) in [5, 5.41) is 31.7. The number of aliphatic hydroxyl groups excluding tert-OH is 3. The molecular weight excluding hydrogens is 408 g/mol. The van der Waals surface area contributed by atoms with E-state index in [1.165, 1.54) is 51.4 Å². The van der Waals surface area contributed by atoms with Crippen LogP contribution in [-0.4, -0.2) is 34.6 Å². The second kappa shape index (κ2) is 7.69. The summed E-state index contributed by atoms with van der Waals surface area (Å²) in [6.45, 7) is 15.5. The van der Waals surface area contributed by atoms with Crippen molar-refractivity contribution in [3.05, 3.63) is 0 Å². The summed E-state index contributed by atoms with van der Waals surface area (Å²) in [5.41, 5.74) is 1.07. The van der Waals surface area contributed by atoms with Gasteiger partial charge < -0.3 is 15.3 Å². The maximum atomic E-state index is 10.9. The van der Waals surface area contributed by atoms with Crippen LogP contribution in [0.5, 0.6) is 0 Å². The zero-order valence-corrected chi connectivity index (χ0v) is 22.4. The van der Waals surface area contributed by atoms with Gasteiger partial charge in [-0.25, -0.2) is 0 Å². The van der Waals surface area contributed by atoms with Gasteiger partial charge in [-0.15, -0.1) is 0 Å². The van der Waals surface area contributed by atoms with Crippen LogP contribution < -0.4 is 0 Å². The Labute approximate surface area is 203 Å². The van der Waals surface area contributed by atoms with E-state index in [9.17, 15) is 15.3 Å². The van der Waals surface area contributed by atoms with Crippen molar-refractivity contribution in [2.75, 3.05) is 13.2 Å². The zero-order chi connectivity index (χ0) is 24.0. The quantitative estimate of drug-likeness (QED) is 0.480. The molecule has 5 aliphatic rings. The Kier molecular flexibility index (Phi) is 5.72. The van der Waals surface area contributed by atoms with Crippen LogP contribution in [-0.2, 0) is 0 Å². The Balaban J connectivity index is 1.54. The largest absolute Gasteiger partial charge is 0.396 e. The Morgan fingerprint density at radius 2 is 1.48 bits per heavy atom. The van der Waals surface area contributed by atoms with Crippen molar-refractivity contribution in [1.29, 1.82) is 0 Å². The second-order valence-corrected chi connectivity index (χ2v) is 15.0. The molecule has 5 aliphatic carbocycles. The first-order valence-corrected chi connectivity index (χ1v) is 14.3. The predicted octanol–water partition coefficient (Wildman–Crippen LogP) is 6.05. The average molecular weight is 461 g/mol. The molecule has 190 valence electrons. The molecule has 0 spiro atoms. The number of hydrogen-bond acceptors (Lipinski definition) is 3. The summed E-state index contributed by atoms with van der Waals surface area (Å²) in [5.74, 6) is 3.47. The minimum atomic E-state index is -0.161. The van der Waals surface area contributed by atoms with Crippen LogP contribution in [0.1, 0.15) is 106 Å². The molecule has 3 N–H and O–H groups in total. The van der Waals surface area contributed by atoms with E-state index < -0.39 is 0 Å². The van der Waals surface area contributed by atoms with Crippen molar-refractivity contribution in [2.45, 2.75) is 112 Å². The lowest BCUT2D eigenvalue weighted by molar-refractivity contribution is -0.251. The first-order chi connectivity index (χ1) is 15.4. The molecule has 0 saturated heterocycles. The van der Waals surface area contributed by atoms with Gasteiger partial charge in [-0.2, -0.15) is 0 Å². The van der Waals surface area contributed by atoms with Gasteiger partial charge in [-0.1, -0.05) is 41.5 Å². The summed E-state index contributed by atoms with van der Waals surface area (Å²) in [6, 6.07) is 0. The second-order valence-electron chi connectivity index (χ2n) is 15.0. The van der Waals surface area contributed by atoms with Crippen LogP contribution in [0.2, 0.25) is 0 Å². The zero-order valence-electron chi connectivity index (χ0n) is 22.4. The SMILES string of the molecule is CC(CO)C1CCC2(CO)CCC3(C)C(CCC4C5(C)CCC(O)C(C)(C)C5CCC43C)C12. The highest BCUT2D eigenvalue weighted by atomic mass is 16.3. The molecule has 11 atom stereocenters. The number of fused-ring (bicyclic) bond motifs is 7. The predicted molar refractivity (Wildman–Crippen MR) is 133 cm³/mol. The van der Waals surface area contributed by atoms with Crippen LogP contribution in [0, 0.1) is 62.6 Å². The molecule has 0 heterocycles. The van der Waals surface area contributed by atoms with E-state index in [4.69, 9.17) is 0 Å². The molecule has 5 saturated carbocycles. The highest BCUT2D eigenvalue weighted by Crippen LogP contribution is 2.77. The Morgan fingerprint density at radius 3 is 2.15 bits per heavy atom. The van der Waals surface area contributed by atoms with Gasteiger partial charge in [0.25, 0.3) is 0 Å². The molecule has 0 aromatic heterocycles. The van der Waals surface area contributed by atoms with Gasteiger partial charge in [0.15, 0.2) is 0 Å². The van der Waals surface area contributed by atoms with Crippen LogP contribution >= 0.6 is 0 Å². The summed E-state index contributed by atoms with van der Waals surface area (Å²) < 4.78 is 0. The number of hydrogen-bond donors (Lipinski definition) is 3. The van der Waals surface area contributed by atoms with Crippen LogP contribution in [0.15, 0.2) is 0 Å². The van der Waals surface area contributed by atoms with Crippen LogP contribution in [0.4, 0.5) is 0 Å². The van der Waals surface area contributed by atoms with E-state index in [1.54, 1.807) is 0 Å². The van der Waals surface area contributed by atoms with Gasteiger partial charge in [0.05, 0.1) is 6.10 Å². The van der Waals surface area contributed by atoms with E-state index in [2.05, 4.69) is 41.5 Å². The van der Waals surface area contributed by atoms with E-state index in [0.29, 0.717) is 52.4 Å². The van der Waals surface area contributed by atoms with Crippen molar-refractivity contribution in [3.8, 4) is 0 Å². The fraction of sp³-hybridized carbons (Fsp3) is 1.00. The normalized spacial score (nSPS) is 56.3. The van der Waals surface area contributed by atoms with E-state index in [-0.39, 0.29) is 23.5 Å². The van der Waals surface area contributed by atoms with Gasteiger partial charge >= 0.3 is 0 Å². The lowest BCUT2D eigenvalue weighted by atomic mass is 9.32. The molecule has 0 radical (unpaired) electrons. The Bertz CT molecular complexity index is 764. The number of rotatable bonds is 3. The van der Waals surface area contributed by atoms with Crippen molar-refractivity contribution < 1.29 is 15.3 Å². The molecular formula is C30H52O3. The molecule has 3 heteroatoms. The van der Waals surface area contributed by atoms with E-state index in [0.717, 1.165) is 18.8 Å². The summed E-state index contributed by atoms with van der Waals surface area (Å²) >= 11 is 0. The van der Waals surface area contributed by atoms with Crippen molar-refractivity contribution in [1.82, 2.24) is 0 Å². The summed E-state index contributed by atoms with van der Waals surface area (Å²) in [6.07, 6.45) is 11.9. The third-order valence-electron chi connectivity index (χ3n) is 14.0. The minimum absolute atomic E-state index is 0.0117. The molecule has 33 heavy (non-hydrogen) atoms. The lowest BCUT2D eigenvalue weighted by Gasteiger charge is -2.73. The maximum absolute atomic E-state index is 10.9. The Hall–Kier alpha value is -0.120. The van der Waals surface area contributed by atoms with Crippen LogP contribution in [0.25, 0.3) is 0 Å². The topological polar surface area (TPSA) is 60.7 Å². The first-order valence-electron chi connectivity index (χ1n) is 14.3. The van der Waals surface area contributed by atoms with Crippen molar-refractivity contribution in [2.24, 2.45) is 62.6 Å². The maximum Gasteiger partial charge on any atom is 0.0594 e. The van der Waals surface area contributed by atoms with E-state index >= 15 is 0 Å². The average Bonchev–Trinajstić information content (AvgIpc) is 3.17. The monoisotopic (exact) mass is 460 g/mol. The number of aliphatic hydroxyl groups is 3. The molecule has 5 fully saturated rings. The standard InChI is InChI=1S/C30H52O3/c1-19(17-31)20-9-14-30(18-32)16-15-28(5)21(25(20)30)7-8-23-27(4)12-11-24(33)26(2,3)22(27)10-13-29(23,28)6/h19-25,31-33H,7-18H2,1-6H3. The molecule has 0 aromatic rings. The highest BCUT2D eigenvalue weighted by molar-refractivity contribution is 5.19.